The fourth-order valence-electron chi connectivity index (χ4n) is 1.21. The number of rotatable bonds is 4. The first-order valence-corrected chi connectivity index (χ1v) is 5.77. The van der Waals surface area contributed by atoms with Crippen molar-refractivity contribution in [3.05, 3.63) is 21.9 Å². The lowest BCUT2D eigenvalue weighted by molar-refractivity contribution is -0.123. The maximum Gasteiger partial charge on any atom is 0.237 e. The molecule has 0 saturated carbocycles. The van der Waals surface area contributed by atoms with Gasteiger partial charge in [0.1, 0.15) is 5.92 Å². The smallest absolute Gasteiger partial charge is 0.237 e. The summed E-state index contributed by atoms with van der Waals surface area (Å²) in [6.07, 6.45) is 0.561. The molecule has 0 fully saturated rings. The number of thiophene rings is 1. The predicted molar refractivity (Wildman–Crippen MR) is 60.3 cm³/mol. The van der Waals surface area contributed by atoms with Crippen LogP contribution in [0.25, 0.3) is 0 Å². The third-order valence-electron chi connectivity index (χ3n) is 2.27. The van der Waals surface area contributed by atoms with Gasteiger partial charge >= 0.3 is 0 Å². The van der Waals surface area contributed by atoms with Crippen molar-refractivity contribution < 1.29 is 4.79 Å². The summed E-state index contributed by atoms with van der Waals surface area (Å²) in [6.45, 7) is 4.38. The van der Waals surface area contributed by atoms with Gasteiger partial charge < -0.3 is 5.32 Å². The molecule has 0 aliphatic carbocycles. The van der Waals surface area contributed by atoms with Crippen LogP contribution in [0.5, 0.6) is 0 Å². The molecule has 1 amide bonds. The quantitative estimate of drug-likeness (QED) is 0.849. The summed E-state index contributed by atoms with van der Waals surface area (Å²) in [6, 6.07) is 4.01. The van der Waals surface area contributed by atoms with E-state index in [2.05, 4.69) is 5.32 Å². The van der Waals surface area contributed by atoms with Gasteiger partial charge in [0.2, 0.25) is 5.91 Å². The summed E-state index contributed by atoms with van der Waals surface area (Å²) in [5.74, 6) is -0.696. The molecule has 0 aliphatic heterocycles. The molecular formula is C11H14N2OS. The standard InChI is InChI=1S/C11H14N2OS/c1-3-9(6-12)11(14)13-7-10-8(2)4-5-15-10/h4-5,9H,3,7H2,1-2H3,(H,13,14). The highest BCUT2D eigenvalue weighted by Gasteiger charge is 2.14. The molecule has 1 aromatic heterocycles. The van der Waals surface area contributed by atoms with Crippen molar-refractivity contribution in [3.63, 3.8) is 0 Å². The lowest BCUT2D eigenvalue weighted by Crippen LogP contribution is -2.29. The molecule has 1 atom stereocenters. The van der Waals surface area contributed by atoms with Crippen molar-refractivity contribution in [1.29, 1.82) is 5.26 Å². The van der Waals surface area contributed by atoms with Crippen molar-refractivity contribution in [2.75, 3.05) is 0 Å². The van der Waals surface area contributed by atoms with Gasteiger partial charge in [-0.25, -0.2) is 0 Å². The van der Waals surface area contributed by atoms with Crippen LogP contribution in [0.2, 0.25) is 0 Å². The zero-order valence-corrected chi connectivity index (χ0v) is 9.73. The van der Waals surface area contributed by atoms with Gasteiger partial charge in [0.25, 0.3) is 0 Å². The zero-order chi connectivity index (χ0) is 11.3. The van der Waals surface area contributed by atoms with Crippen molar-refractivity contribution in [3.8, 4) is 6.07 Å². The Kier molecular flexibility index (Phi) is 4.32. The molecule has 0 saturated heterocycles. The van der Waals surface area contributed by atoms with E-state index >= 15 is 0 Å². The minimum atomic E-state index is -0.523. The van der Waals surface area contributed by atoms with Crippen LogP contribution in [0.4, 0.5) is 0 Å². The molecule has 0 radical (unpaired) electrons. The molecule has 1 unspecified atom stereocenters. The summed E-state index contributed by atoms with van der Waals surface area (Å²) in [5.41, 5.74) is 1.19. The number of nitrogens with zero attached hydrogens (tertiary/aromatic N) is 1. The first-order chi connectivity index (χ1) is 7.19. The Labute approximate surface area is 93.7 Å². The predicted octanol–water partition coefficient (Wildman–Crippen LogP) is 2.22. The Balaban J connectivity index is 2.48. The van der Waals surface area contributed by atoms with Crippen molar-refractivity contribution in [2.24, 2.45) is 5.92 Å². The summed E-state index contributed by atoms with van der Waals surface area (Å²) in [5, 5.41) is 13.5. The van der Waals surface area contributed by atoms with Crippen LogP contribution in [-0.4, -0.2) is 5.91 Å². The van der Waals surface area contributed by atoms with E-state index in [-0.39, 0.29) is 5.91 Å². The fourth-order valence-corrected chi connectivity index (χ4v) is 2.06. The Morgan fingerprint density at radius 1 is 1.73 bits per heavy atom. The molecule has 4 heteroatoms. The Hall–Kier alpha value is -1.34. The number of hydrogen-bond donors (Lipinski definition) is 1. The van der Waals surface area contributed by atoms with Crippen LogP contribution in [0, 0.1) is 24.2 Å². The second-order valence-corrected chi connectivity index (χ2v) is 4.34. The van der Waals surface area contributed by atoms with Crippen molar-refractivity contribution in [1.82, 2.24) is 5.32 Å². The fraction of sp³-hybridized carbons (Fsp3) is 0.455. The number of nitriles is 1. The molecule has 1 rings (SSSR count). The second-order valence-electron chi connectivity index (χ2n) is 3.33. The summed E-state index contributed by atoms with van der Waals surface area (Å²) >= 11 is 1.62. The van der Waals surface area contributed by atoms with Crippen LogP contribution in [-0.2, 0) is 11.3 Å². The SMILES string of the molecule is CCC(C#N)C(=O)NCc1sccc1C. The lowest BCUT2D eigenvalue weighted by atomic mass is 10.1. The van der Waals surface area contributed by atoms with E-state index in [0.29, 0.717) is 13.0 Å². The van der Waals surface area contributed by atoms with Gasteiger partial charge in [0.05, 0.1) is 12.6 Å². The number of amides is 1. The maximum absolute atomic E-state index is 11.5. The first-order valence-electron chi connectivity index (χ1n) is 4.89. The van der Waals surface area contributed by atoms with Gasteiger partial charge in [0.15, 0.2) is 0 Å². The van der Waals surface area contributed by atoms with Crippen LogP contribution in [0.3, 0.4) is 0 Å². The second kappa shape index (κ2) is 5.52. The van der Waals surface area contributed by atoms with E-state index in [0.717, 1.165) is 4.88 Å². The molecule has 1 N–H and O–H groups in total. The molecule has 1 heterocycles. The van der Waals surface area contributed by atoms with Gasteiger partial charge in [-0.2, -0.15) is 5.26 Å². The van der Waals surface area contributed by atoms with Crippen LogP contribution in [0.15, 0.2) is 11.4 Å². The van der Waals surface area contributed by atoms with E-state index in [9.17, 15) is 4.79 Å². The molecule has 80 valence electrons. The molecule has 15 heavy (non-hydrogen) atoms. The van der Waals surface area contributed by atoms with Gasteiger partial charge in [0, 0.05) is 4.88 Å². The third kappa shape index (κ3) is 3.07. The van der Waals surface area contributed by atoms with Gasteiger partial charge in [-0.15, -0.1) is 11.3 Å². The van der Waals surface area contributed by atoms with Crippen molar-refractivity contribution >= 4 is 17.2 Å². The molecule has 0 bridgehead atoms. The Morgan fingerprint density at radius 3 is 2.93 bits per heavy atom. The average Bonchev–Trinajstić information content (AvgIpc) is 2.63. The molecule has 0 aromatic carbocycles. The molecule has 0 aliphatic rings. The largest absolute Gasteiger partial charge is 0.350 e. The summed E-state index contributed by atoms with van der Waals surface area (Å²) in [7, 11) is 0. The molecule has 1 aromatic rings. The molecular weight excluding hydrogens is 208 g/mol. The number of nitrogens with one attached hydrogen (secondary N) is 1. The minimum absolute atomic E-state index is 0.173. The van der Waals surface area contributed by atoms with Crippen LogP contribution < -0.4 is 5.32 Å². The molecule has 3 nitrogen and oxygen atoms in total. The van der Waals surface area contributed by atoms with Crippen LogP contribution >= 0.6 is 11.3 Å². The zero-order valence-electron chi connectivity index (χ0n) is 8.91. The van der Waals surface area contributed by atoms with Gasteiger partial charge in [-0.3, -0.25) is 4.79 Å². The minimum Gasteiger partial charge on any atom is -0.350 e. The van der Waals surface area contributed by atoms with E-state index < -0.39 is 5.92 Å². The lowest BCUT2D eigenvalue weighted by Gasteiger charge is -2.07. The highest BCUT2D eigenvalue weighted by molar-refractivity contribution is 7.10. The van der Waals surface area contributed by atoms with Gasteiger partial charge in [-0.1, -0.05) is 6.92 Å². The first kappa shape index (κ1) is 11.7. The van der Waals surface area contributed by atoms with E-state index in [1.165, 1.54) is 5.56 Å². The average molecular weight is 222 g/mol. The van der Waals surface area contributed by atoms with Gasteiger partial charge in [-0.05, 0) is 30.4 Å². The number of hydrogen-bond acceptors (Lipinski definition) is 3. The monoisotopic (exact) mass is 222 g/mol. The Bertz CT molecular complexity index is 378. The maximum atomic E-state index is 11.5. The topological polar surface area (TPSA) is 52.9 Å². The Morgan fingerprint density at radius 2 is 2.47 bits per heavy atom. The van der Waals surface area contributed by atoms with Crippen LogP contribution in [0.1, 0.15) is 23.8 Å². The van der Waals surface area contributed by atoms with Crippen molar-refractivity contribution in [2.45, 2.75) is 26.8 Å². The highest BCUT2D eigenvalue weighted by atomic mass is 32.1. The normalized spacial score (nSPS) is 11.8. The number of carbonyl (C=O) groups is 1. The number of aryl methyl sites for hydroxylation is 1. The third-order valence-corrected chi connectivity index (χ3v) is 3.29. The summed E-state index contributed by atoms with van der Waals surface area (Å²) < 4.78 is 0. The number of carbonyl (C=O) groups excluding carboxylic acids is 1. The summed E-state index contributed by atoms with van der Waals surface area (Å²) in [4.78, 5) is 12.6. The van der Waals surface area contributed by atoms with E-state index in [4.69, 9.17) is 5.26 Å². The highest BCUT2D eigenvalue weighted by Crippen LogP contribution is 2.15. The van der Waals surface area contributed by atoms with E-state index in [1.807, 2.05) is 31.4 Å². The molecule has 0 spiro atoms. The van der Waals surface area contributed by atoms with E-state index in [1.54, 1.807) is 11.3 Å².